The number of nitrogens with one attached hydrogen (secondary N) is 1. The van der Waals surface area contributed by atoms with Crippen molar-refractivity contribution in [1.29, 1.82) is 0 Å². The SMILES string of the molecule is CCCN(CC(=O)N1CCn2cccc2[C@H]1c1ccc(C)cc1)C(=O)NCc1ccccc1. The molecule has 3 amide bonds. The highest BCUT2D eigenvalue weighted by Gasteiger charge is 2.33. The summed E-state index contributed by atoms with van der Waals surface area (Å²) in [4.78, 5) is 30.0. The molecular weight excluding hydrogens is 412 g/mol. The largest absolute Gasteiger partial charge is 0.348 e. The van der Waals surface area contributed by atoms with E-state index in [9.17, 15) is 9.59 Å². The van der Waals surface area contributed by atoms with Gasteiger partial charge in [-0.05, 0) is 36.6 Å². The Morgan fingerprint density at radius 1 is 1.00 bits per heavy atom. The Morgan fingerprint density at radius 2 is 1.76 bits per heavy atom. The first-order valence-corrected chi connectivity index (χ1v) is 11.6. The molecule has 6 heteroatoms. The Kier molecular flexibility index (Phi) is 7.13. The zero-order valence-corrected chi connectivity index (χ0v) is 19.4. The van der Waals surface area contributed by atoms with Gasteiger partial charge in [0.2, 0.25) is 5.91 Å². The summed E-state index contributed by atoms with van der Waals surface area (Å²) >= 11 is 0. The van der Waals surface area contributed by atoms with E-state index in [0.29, 0.717) is 19.6 Å². The smallest absolute Gasteiger partial charge is 0.318 e. The number of carbonyl (C=O) groups is 2. The summed E-state index contributed by atoms with van der Waals surface area (Å²) in [5.74, 6) is -0.0312. The summed E-state index contributed by atoms with van der Waals surface area (Å²) in [6.07, 6.45) is 2.86. The van der Waals surface area contributed by atoms with E-state index in [2.05, 4.69) is 53.3 Å². The molecule has 0 aliphatic carbocycles. The zero-order valence-electron chi connectivity index (χ0n) is 19.4. The lowest BCUT2D eigenvalue weighted by molar-refractivity contribution is -0.134. The first-order chi connectivity index (χ1) is 16.1. The van der Waals surface area contributed by atoms with Crippen molar-refractivity contribution < 1.29 is 9.59 Å². The van der Waals surface area contributed by atoms with Gasteiger partial charge in [-0.1, -0.05) is 67.1 Å². The summed E-state index contributed by atoms with van der Waals surface area (Å²) in [6, 6.07) is 21.9. The second-order valence-corrected chi connectivity index (χ2v) is 8.59. The van der Waals surface area contributed by atoms with E-state index in [0.717, 1.165) is 29.8 Å². The molecule has 2 heterocycles. The summed E-state index contributed by atoms with van der Waals surface area (Å²) in [6.45, 7) is 6.49. The molecule has 0 fully saturated rings. The van der Waals surface area contributed by atoms with Crippen LogP contribution in [0.25, 0.3) is 0 Å². The molecule has 172 valence electrons. The topological polar surface area (TPSA) is 57.6 Å². The van der Waals surface area contributed by atoms with Gasteiger partial charge < -0.3 is 19.7 Å². The van der Waals surface area contributed by atoms with Crippen LogP contribution in [0.1, 0.15) is 41.8 Å². The number of carbonyl (C=O) groups excluding carboxylic acids is 2. The van der Waals surface area contributed by atoms with Crippen LogP contribution < -0.4 is 5.32 Å². The minimum absolute atomic E-state index is 0.0312. The van der Waals surface area contributed by atoms with Crippen LogP contribution in [0.2, 0.25) is 0 Å². The Morgan fingerprint density at radius 3 is 2.48 bits per heavy atom. The average Bonchev–Trinajstić information content (AvgIpc) is 3.32. The minimum Gasteiger partial charge on any atom is -0.348 e. The lowest BCUT2D eigenvalue weighted by Gasteiger charge is -2.38. The molecular formula is C27H32N4O2. The van der Waals surface area contributed by atoms with Crippen LogP contribution in [0, 0.1) is 6.92 Å². The van der Waals surface area contributed by atoms with Crippen LogP contribution in [-0.2, 0) is 17.9 Å². The predicted molar refractivity (Wildman–Crippen MR) is 130 cm³/mol. The summed E-state index contributed by atoms with van der Waals surface area (Å²) < 4.78 is 2.21. The second-order valence-electron chi connectivity index (χ2n) is 8.59. The van der Waals surface area contributed by atoms with Crippen LogP contribution in [0.4, 0.5) is 4.79 Å². The monoisotopic (exact) mass is 444 g/mol. The van der Waals surface area contributed by atoms with Gasteiger partial charge in [0.1, 0.15) is 6.54 Å². The Balaban J connectivity index is 1.50. The third-order valence-electron chi connectivity index (χ3n) is 6.15. The van der Waals surface area contributed by atoms with Gasteiger partial charge in [0.15, 0.2) is 0 Å². The van der Waals surface area contributed by atoms with E-state index in [-0.39, 0.29) is 24.5 Å². The van der Waals surface area contributed by atoms with Crippen molar-refractivity contribution in [3.8, 4) is 0 Å². The van der Waals surface area contributed by atoms with Gasteiger partial charge in [0, 0.05) is 38.1 Å². The maximum atomic E-state index is 13.5. The van der Waals surface area contributed by atoms with Crippen molar-refractivity contribution in [3.05, 3.63) is 95.3 Å². The number of aromatic nitrogens is 1. The van der Waals surface area contributed by atoms with Gasteiger partial charge in [-0.2, -0.15) is 0 Å². The van der Waals surface area contributed by atoms with Crippen LogP contribution in [0.15, 0.2) is 72.9 Å². The van der Waals surface area contributed by atoms with Gasteiger partial charge in [-0.3, -0.25) is 4.79 Å². The van der Waals surface area contributed by atoms with E-state index in [1.807, 2.05) is 48.2 Å². The molecule has 3 aromatic rings. The number of benzene rings is 2. The molecule has 0 radical (unpaired) electrons. The molecule has 1 N–H and O–H groups in total. The minimum atomic E-state index is -0.207. The number of aryl methyl sites for hydroxylation is 1. The van der Waals surface area contributed by atoms with E-state index < -0.39 is 0 Å². The third-order valence-corrected chi connectivity index (χ3v) is 6.15. The van der Waals surface area contributed by atoms with Crippen molar-refractivity contribution in [2.45, 2.75) is 39.4 Å². The predicted octanol–water partition coefficient (Wildman–Crippen LogP) is 4.35. The fourth-order valence-electron chi connectivity index (χ4n) is 4.41. The van der Waals surface area contributed by atoms with Crippen LogP contribution in [0.3, 0.4) is 0 Å². The quantitative estimate of drug-likeness (QED) is 0.589. The van der Waals surface area contributed by atoms with Crippen molar-refractivity contribution in [2.24, 2.45) is 0 Å². The molecule has 0 saturated carbocycles. The molecule has 0 saturated heterocycles. The average molecular weight is 445 g/mol. The Bertz CT molecular complexity index is 1080. The van der Waals surface area contributed by atoms with E-state index in [1.54, 1.807) is 4.90 Å². The first-order valence-electron chi connectivity index (χ1n) is 11.6. The molecule has 2 aromatic carbocycles. The molecule has 1 aromatic heterocycles. The fraction of sp³-hybridized carbons (Fsp3) is 0.333. The lowest BCUT2D eigenvalue weighted by atomic mass is 9.98. The van der Waals surface area contributed by atoms with Gasteiger partial charge >= 0.3 is 6.03 Å². The molecule has 33 heavy (non-hydrogen) atoms. The number of nitrogens with zero attached hydrogens (tertiary/aromatic N) is 3. The highest BCUT2D eigenvalue weighted by Crippen LogP contribution is 2.32. The molecule has 0 unspecified atom stereocenters. The van der Waals surface area contributed by atoms with Crippen LogP contribution >= 0.6 is 0 Å². The molecule has 0 spiro atoms. The Hall–Kier alpha value is -3.54. The van der Waals surface area contributed by atoms with Crippen LogP contribution in [-0.4, -0.2) is 45.9 Å². The maximum absolute atomic E-state index is 13.5. The summed E-state index contributed by atoms with van der Waals surface area (Å²) in [7, 11) is 0. The van der Waals surface area contributed by atoms with Gasteiger partial charge in [-0.25, -0.2) is 4.79 Å². The highest BCUT2D eigenvalue weighted by atomic mass is 16.2. The number of urea groups is 1. The lowest BCUT2D eigenvalue weighted by Crippen LogP contribution is -2.50. The number of rotatable bonds is 7. The van der Waals surface area contributed by atoms with Crippen molar-refractivity contribution in [3.63, 3.8) is 0 Å². The maximum Gasteiger partial charge on any atom is 0.318 e. The van der Waals surface area contributed by atoms with Crippen LogP contribution in [0.5, 0.6) is 0 Å². The zero-order chi connectivity index (χ0) is 23.2. The second kappa shape index (κ2) is 10.4. The summed E-state index contributed by atoms with van der Waals surface area (Å²) in [5, 5.41) is 2.96. The molecule has 1 aliphatic rings. The summed E-state index contributed by atoms with van der Waals surface area (Å²) in [5.41, 5.74) is 4.41. The van der Waals surface area contributed by atoms with Crippen molar-refractivity contribution >= 4 is 11.9 Å². The van der Waals surface area contributed by atoms with Gasteiger partial charge in [-0.15, -0.1) is 0 Å². The molecule has 1 aliphatic heterocycles. The van der Waals surface area contributed by atoms with Gasteiger partial charge in [0.25, 0.3) is 0 Å². The normalized spacial score (nSPS) is 15.1. The van der Waals surface area contributed by atoms with Crippen molar-refractivity contribution in [1.82, 2.24) is 19.7 Å². The number of fused-ring (bicyclic) bond motifs is 1. The standard InChI is InChI=1S/C27H32N4O2/c1-3-15-30(27(33)28-19-22-8-5-4-6-9-22)20-25(32)31-18-17-29-16-7-10-24(29)26(31)23-13-11-21(2)12-14-23/h4-14,16,26H,3,15,17-20H2,1-2H3,(H,28,33)/t26-/m1/s1. The first kappa shape index (κ1) is 22.6. The molecule has 4 rings (SSSR count). The van der Waals surface area contributed by atoms with E-state index in [1.165, 1.54) is 5.56 Å². The van der Waals surface area contributed by atoms with E-state index in [4.69, 9.17) is 0 Å². The van der Waals surface area contributed by atoms with E-state index >= 15 is 0 Å². The third kappa shape index (κ3) is 5.28. The van der Waals surface area contributed by atoms with Crippen molar-refractivity contribution in [2.75, 3.05) is 19.6 Å². The number of hydrogen-bond acceptors (Lipinski definition) is 2. The fourth-order valence-corrected chi connectivity index (χ4v) is 4.41. The molecule has 1 atom stereocenters. The molecule has 0 bridgehead atoms. The highest BCUT2D eigenvalue weighted by molar-refractivity contribution is 5.84. The molecule has 6 nitrogen and oxygen atoms in total. The van der Waals surface area contributed by atoms with Gasteiger partial charge in [0.05, 0.1) is 6.04 Å². The number of amides is 3. The number of hydrogen-bond donors (Lipinski definition) is 1. The Labute approximate surface area is 195 Å².